The van der Waals surface area contributed by atoms with Gasteiger partial charge in [-0.15, -0.1) is 0 Å². The van der Waals surface area contributed by atoms with E-state index in [1.54, 1.807) is 12.3 Å². The highest BCUT2D eigenvalue weighted by molar-refractivity contribution is 6.05. The van der Waals surface area contributed by atoms with E-state index in [0.717, 1.165) is 37.5 Å². The Morgan fingerprint density at radius 2 is 2.08 bits per heavy atom. The SMILES string of the molecule is CCCNC(=O)c1cccc2cnc(NC3CCC(O)CC3)nc12. The highest BCUT2D eigenvalue weighted by Gasteiger charge is 2.20. The van der Waals surface area contributed by atoms with Crippen molar-refractivity contribution in [2.75, 3.05) is 11.9 Å². The first-order valence-corrected chi connectivity index (χ1v) is 8.66. The summed E-state index contributed by atoms with van der Waals surface area (Å²) in [7, 11) is 0. The summed E-state index contributed by atoms with van der Waals surface area (Å²) in [5.74, 6) is 0.438. The zero-order valence-electron chi connectivity index (χ0n) is 14.0. The van der Waals surface area contributed by atoms with Gasteiger partial charge in [-0.2, -0.15) is 0 Å². The lowest BCUT2D eigenvalue weighted by molar-refractivity contribution is 0.0955. The van der Waals surface area contributed by atoms with Crippen molar-refractivity contribution < 1.29 is 9.90 Å². The topological polar surface area (TPSA) is 87.1 Å². The van der Waals surface area contributed by atoms with Gasteiger partial charge in [-0.1, -0.05) is 19.1 Å². The largest absolute Gasteiger partial charge is 0.393 e. The summed E-state index contributed by atoms with van der Waals surface area (Å²) in [6.45, 7) is 2.67. The number of aliphatic hydroxyl groups excluding tert-OH is 1. The van der Waals surface area contributed by atoms with Crippen LogP contribution in [-0.4, -0.2) is 39.7 Å². The van der Waals surface area contributed by atoms with E-state index < -0.39 is 0 Å². The van der Waals surface area contributed by atoms with Crippen molar-refractivity contribution in [1.29, 1.82) is 0 Å². The summed E-state index contributed by atoms with van der Waals surface area (Å²) in [6, 6.07) is 5.82. The zero-order chi connectivity index (χ0) is 16.9. The van der Waals surface area contributed by atoms with E-state index in [0.29, 0.717) is 23.6 Å². The van der Waals surface area contributed by atoms with Crippen molar-refractivity contribution in [2.45, 2.75) is 51.2 Å². The molecule has 6 nitrogen and oxygen atoms in total. The van der Waals surface area contributed by atoms with Gasteiger partial charge in [0, 0.05) is 24.2 Å². The Kier molecular flexibility index (Phi) is 5.25. The summed E-state index contributed by atoms with van der Waals surface area (Å²) in [5.41, 5.74) is 1.24. The lowest BCUT2D eigenvalue weighted by Crippen LogP contribution is -2.29. The van der Waals surface area contributed by atoms with Crippen LogP contribution in [0.25, 0.3) is 10.9 Å². The highest BCUT2D eigenvalue weighted by Crippen LogP contribution is 2.22. The summed E-state index contributed by atoms with van der Waals surface area (Å²) in [5, 5.41) is 16.7. The first kappa shape index (κ1) is 16.6. The van der Waals surface area contributed by atoms with Crippen LogP contribution in [0.2, 0.25) is 0 Å². The zero-order valence-corrected chi connectivity index (χ0v) is 14.0. The Labute approximate surface area is 141 Å². The van der Waals surface area contributed by atoms with E-state index in [-0.39, 0.29) is 18.1 Å². The molecule has 0 saturated heterocycles. The molecule has 2 aromatic rings. The molecule has 1 fully saturated rings. The van der Waals surface area contributed by atoms with E-state index in [1.807, 2.05) is 19.1 Å². The number of carbonyl (C=O) groups is 1. The molecule has 0 unspecified atom stereocenters. The molecule has 128 valence electrons. The molecule has 0 atom stereocenters. The lowest BCUT2D eigenvalue weighted by Gasteiger charge is -2.26. The van der Waals surface area contributed by atoms with Crippen LogP contribution in [-0.2, 0) is 0 Å². The number of carbonyl (C=O) groups excluding carboxylic acids is 1. The molecule has 3 rings (SSSR count). The second-order valence-corrected chi connectivity index (χ2v) is 6.34. The number of hydrogen-bond acceptors (Lipinski definition) is 5. The van der Waals surface area contributed by atoms with Gasteiger partial charge < -0.3 is 15.7 Å². The normalized spacial score (nSPS) is 20.8. The van der Waals surface area contributed by atoms with Gasteiger partial charge in [0.05, 0.1) is 17.2 Å². The van der Waals surface area contributed by atoms with Crippen molar-refractivity contribution in [3.8, 4) is 0 Å². The molecule has 1 saturated carbocycles. The molecule has 1 aromatic carbocycles. The second kappa shape index (κ2) is 7.57. The molecule has 3 N–H and O–H groups in total. The number of benzene rings is 1. The third-order valence-electron chi connectivity index (χ3n) is 4.42. The van der Waals surface area contributed by atoms with E-state index in [1.165, 1.54) is 0 Å². The first-order chi connectivity index (χ1) is 11.7. The molecule has 6 heteroatoms. The fraction of sp³-hybridized carbons (Fsp3) is 0.500. The summed E-state index contributed by atoms with van der Waals surface area (Å²) < 4.78 is 0. The maximum atomic E-state index is 12.3. The number of para-hydroxylation sites is 1. The Morgan fingerprint density at radius 1 is 1.29 bits per heavy atom. The van der Waals surface area contributed by atoms with Crippen LogP contribution in [0.5, 0.6) is 0 Å². The minimum Gasteiger partial charge on any atom is -0.393 e. The number of rotatable bonds is 5. The molecule has 1 heterocycles. The quantitative estimate of drug-likeness (QED) is 0.785. The summed E-state index contributed by atoms with van der Waals surface area (Å²) >= 11 is 0. The number of nitrogens with zero attached hydrogens (tertiary/aromatic N) is 2. The first-order valence-electron chi connectivity index (χ1n) is 8.66. The number of nitrogens with one attached hydrogen (secondary N) is 2. The minimum atomic E-state index is -0.186. The molecule has 1 aliphatic rings. The summed E-state index contributed by atoms with van der Waals surface area (Å²) in [4.78, 5) is 21.3. The molecular weight excluding hydrogens is 304 g/mol. The smallest absolute Gasteiger partial charge is 0.253 e. The van der Waals surface area contributed by atoms with Crippen LogP contribution in [0, 0.1) is 0 Å². The average molecular weight is 328 g/mol. The minimum absolute atomic E-state index is 0.104. The predicted molar refractivity (Wildman–Crippen MR) is 94.0 cm³/mol. The number of anilines is 1. The number of aliphatic hydroxyl groups is 1. The van der Waals surface area contributed by atoms with Crippen molar-refractivity contribution in [3.05, 3.63) is 30.0 Å². The van der Waals surface area contributed by atoms with Crippen LogP contribution in [0.3, 0.4) is 0 Å². The Balaban J connectivity index is 1.82. The number of hydrogen-bond donors (Lipinski definition) is 3. The second-order valence-electron chi connectivity index (χ2n) is 6.34. The van der Waals surface area contributed by atoms with Crippen LogP contribution in [0.4, 0.5) is 5.95 Å². The van der Waals surface area contributed by atoms with Gasteiger partial charge >= 0.3 is 0 Å². The van der Waals surface area contributed by atoms with Gasteiger partial charge in [-0.25, -0.2) is 9.97 Å². The maximum Gasteiger partial charge on any atom is 0.253 e. The van der Waals surface area contributed by atoms with Gasteiger partial charge in [-0.3, -0.25) is 4.79 Å². The molecule has 24 heavy (non-hydrogen) atoms. The van der Waals surface area contributed by atoms with Gasteiger partial charge in [0.2, 0.25) is 5.95 Å². The molecule has 0 bridgehead atoms. The van der Waals surface area contributed by atoms with Crippen LogP contribution < -0.4 is 10.6 Å². The fourth-order valence-corrected chi connectivity index (χ4v) is 3.05. The molecule has 0 aliphatic heterocycles. The number of amides is 1. The molecular formula is C18H24N4O2. The molecule has 1 aromatic heterocycles. The van der Waals surface area contributed by atoms with Gasteiger partial charge in [0.25, 0.3) is 5.91 Å². The van der Waals surface area contributed by atoms with Gasteiger partial charge in [0.15, 0.2) is 0 Å². The average Bonchev–Trinajstić information content (AvgIpc) is 2.61. The monoisotopic (exact) mass is 328 g/mol. The van der Waals surface area contributed by atoms with Crippen molar-refractivity contribution in [2.24, 2.45) is 0 Å². The molecule has 0 spiro atoms. The Hall–Kier alpha value is -2.21. The number of aromatic nitrogens is 2. The van der Waals surface area contributed by atoms with Crippen LogP contribution in [0.15, 0.2) is 24.4 Å². The van der Waals surface area contributed by atoms with Crippen molar-refractivity contribution in [3.63, 3.8) is 0 Å². The van der Waals surface area contributed by atoms with E-state index in [4.69, 9.17) is 0 Å². The van der Waals surface area contributed by atoms with E-state index in [2.05, 4.69) is 20.6 Å². The number of fused-ring (bicyclic) bond motifs is 1. The van der Waals surface area contributed by atoms with E-state index in [9.17, 15) is 9.90 Å². The highest BCUT2D eigenvalue weighted by atomic mass is 16.3. The van der Waals surface area contributed by atoms with Gasteiger partial charge in [-0.05, 0) is 38.2 Å². The Bertz CT molecular complexity index is 711. The third-order valence-corrected chi connectivity index (χ3v) is 4.42. The van der Waals surface area contributed by atoms with Crippen LogP contribution in [0.1, 0.15) is 49.4 Å². The van der Waals surface area contributed by atoms with Crippen molar-refractivity contribution in [1.82, 2.24) is 15.3 Å². The van der Waals surface area contributed by atoms with Crippen LogP contribution >= 0.6 is 0 Å². The maximum absolute atomic E-state index is 12.3. The lowest BCUT2D eigenvalue weighted by atomic mass is 9.93. The molecule has 1 amide bonds. The standard InChI is InChI=1S/C18H24N4O2/c1-2-10-19-17(24)15-5-3-4-12-11-20-18(22-16(12)15)21-13-6-8-14(23)9-7-13/h3-5,11,13-14,23H,2,6-10H2,1H3,(H,19,24)(H,20,21,22). The van der Waals surface area contributed by atoms with Crippen molar-refractivity contribution >= 4 is 22.8 Å². The summed E-state index contributed by atoms with van der Waals surface area (Å²) in [6.07, 6.45) is 5.87. The Morgan fingerprint density at radius 3 is 2.83 bits per heavy atom. The molecule has 1 aliphatic carbocycles. The van der Waals surface area contributed by atoms with Gasteiger partial charge in [0.1, 0.15) is 0 Å². The molecule has 0 radical (unpaired) electrons. The fourth-order valence-electron chi connectivity index (χ4n) is 3.05. The van der Waals surface area contributed by atoms with E-state index >= 15 is 0 Å². The predicted octanol–water partition coefficient (Wildman–Crippen LogP) is 2.49. The third kappa shape index (κ3) is 3.82.